The van der Waals surface area contributed by atoms with E-state index in [0.29, 0.717) is 0 Å². The molecule has 1 aromatic rings. The van der Waals surface area contributed by atoms with Crippen molar-refractivity contribution in [3.8, 4) is 0 Å². The lowest BCUT2D eigenvalue weighted by Crippen LogP contribution is -2.64. The number of fused-ring (bicyclic) bond motifs is 1. The number of piperazine rings is 1. The fourth-order valence-electron chi connectivity index (χ4n) is 3.34. The summed E-state index contributed by atoms with van der Waals surface area (Å²) in [7, 11) is 0. The first kappa shape index (κ1) is 14.8. The standard InChI is InChI=1S/C16H19IN2O2/c1-10(2)14-16(21)18-9-3-4-13(18)15(20)19(14)12-7-5-11(17)6-8-12/h5-8,10,13-14H,3-4,9H2,1-2H3. The van der Waals surface area contributed by atoms with Crippen molar-refractivity contribution in [3.63, 3.8) is 0 Å². The molecular formula is C16H19IN2O2. The first-order valence-corrected chi connectivity index (χ1v) is 8.47. The van der Waals surface area contributed by atoms with Crippen LogP contribution in [0.5, 0.6) is 0 Å². The Balaban J connectivity index is 2.03. The third kappa shape index (κ3) is 2.45. The predicted molar refractivity (Wildman–Crippen MR) is 90.0 cm³/mol. The van der Waals surface area contributed by atoms with E-state index in [-0.39, 0.29) is 29.8 Å². The molecule has 0 aliphatic carbocycles. The zero-order valence-electron chi connectivity index (χ0n) is 12.3. The van der Waals surface area contributed by atoms with Gasteiger partial charge in [-0.25, -0.2) is 0 Å². The van der Waals surface area contributed by atoms with Crippen LogP contribution in [-0.4, -0.2) is 35.3 Å². The van der Waals surface area contributed by atoms with Crippen LogP contribution >= 0.6 is 22.6 Å². The molecule has 0 spiro atoms. The minimum absolute atomic E-state index is 0.0759. The van der Waals surface area contributed by atoms with Crippen LogP contribution in [0.3, 0.4) is 0 Å². The van der Waals surface area contributed by atoms with Crippen molar-refractivity contribution in [2.24, 2.45) is 5.92 Å². The molecule has 2 saturated heterocycles. The molecule has 2 amide bonds. The summed E-state index contributed by atoms with van der Waals surface area (Å²) in [5.74, 6) is 0.278. The van der Waals surface area contributed by atoms with Crippen molar-refractivity contribution in [1.82, 2.24) is 4.90 Å². The number of nitrogens with zero attached hydrogens (tertiary/aromatic N) is 2. The summed E-state index contributed by atoms with van der Waals surface area (Å²) in [6.45, 7) is 4.73. The van der Waals surface area contributed by atoms with E-state index in [4.69, 9.17) is 0 Å². The highest BCUT2D eigenvalue weighted by Crippen LogP contribution is 2.33. The van der Waals surface area contributed by atoms with Gasteiger partial charge in [0.05, 0.1) is 0 Å². The van der Waals surface area contributed by atoms with Crippen molar-refractivity contribution >= 4 is 40.1 Å². The van der Waals surface area contributed by atoms with Gasteiger partial charge in [0, 0.05) is 15.8 Å². The lowest BCUT2D eigenvalue weighted by atomic mass is 9.95. The van der Waals surface area contributed by atoms with Crippen LogP contribution < -0.4 is 4.90 Å². The van der Waals surface area contributed by atoms with Crippen LogP contribution in [0.25, 0.3) is 0 Å². The van der Waals surface area contributed by atoms with Gasteiger partial charge in [-0.15, -0.1) is 0 Å². The Morgan fingerprint density at radius 2 is 1.81 bits per heavy atom. The number of benzene rings is 1. The van der Waals surface area contributed by atoms with Crippen molar-refractivity contribution in [2.45, 2.75) is 38.8 Å². The summed E-state index contributed by atoms with van der Waals surface area (Å²) < 4.78 is 1.12. The van der Waals surface area contributed by atoms with E-state index in [9.17, 15) is 9.59 Å². The van der Waals surface area contributed by atoms with Gasteiger partial charge in [-0.3, -0.25) is 14.5 Å². The number of halogens is 1. The van der Waals surface area contributed by atoms with Gasteiger partial charge in [-0.05, 0) is 65.6 Å². The average Bonchev–Trinajstić information content (AvgIpc) is 2.93. The highest BCUT2D eigenvalue weighted by atomic mass is 127. The Morgan fingerprint density at radius 1 is 1.14 bits per heavy atom. The van der Waals surface area contributed by atoms with Gasteiger partial charge in [0.1, 0.15) is 12.1 Å². The average molecular weight is 398 g/mol. The fourth-order valence-corrected chi connectivity index (χ4v) is 3.70. The van der Waals surface area contributed by atoms with Crippen LogP contribution in [0, 0.1) is 9.49 Å². The molecule has 4 nitrogen and oxygen atoms in total. The molecule has 2 aliphatic heterocycles. The number of carbonyl (C=O) groups is 2. The number of anilines is 1. The highest BCUT2D eigenvalue weighted by Gasteiger charge is 2.49. The molecule has 2 atom stereocenters. The number of rotatable bonds is 2. The Kier molecular flexibility index (Phi) is 3.94. The summed E-state index contributed by atoms with van der Waals surface area (Å²) >= 11 is 2.24. The molecule has 21 heavy (non-hydrogen) atoms. The first-order valence-electron chi connectivity index (χ1n) is 7.40. The lowest BCUT2D eigenvalue weighted by molar-refractivity contribution is -0.145. The second-order valence-corrected chi connectivity index (χ2v) is 7.31. The minimum Gasteiger partial charge on any atom is -0.329 e. The maximum atomic E-state index is 12.9. The van der Waals surface area contributed by atoms with Crippen molar-refractivity contribution in [1.29, 1.82) is 0 Å². The number of hydrogen-bond donors (Lipinski definition) is 0. The van der Waals surface area contributed by atoms with Gasteiger partial charge in [0.25, 0.3) is 5.91 Å². The molecule has 3 rings (SSSR count). The van der Waals surface area contributed by atoms with Gasteiger partial charge in [0.2, 0.25) is 5.91 Å². The summed E-state index contributed by atoms with van der Waals surface area (Å²) in [5.41, 5.74) is 0.832. The van der Waals surface area contributed by atoms with E-state index in [1.54, 1.807) is 9.80 Å². The van der Waals surface area contributed by atoms with E-state index in [2.05, 4.69) is 22.6 Å². The molecule has 2 aliphatic rings. The van der Waals surface area contributed by atoms with Crippen LogP contribution in [0.2, 0.25) is 0 Å². The normalized spacial score (nSPS) is 25.7. The zero-order chi connectivity index (χ0) is 15.1. The molecule has 0 N–H and O–H groups in total. The smallest absolute Gasteiger partial charge is 0.250 e. The number of amides is 2. The summed E-state index contributed by atoms with van der Waals surface area (Å²) in [6, 6.07) is 7.19. The van der Waals surface area contributed by atoms with Gasteiger partial charge in [0.15, 0.2) is 0 Å². The van der Waals surface area contributed by atoms with E-state index in [1.807, 2.05) is 38.1 Å². The summed E-state index contributed by atoms with van der Waals surface area (Å²) in [5, 5.41) is 0. The Hall–Kier alpha value is -1.11. The minimum atomic E-state index is -0.382. The van der Waals surface area contributed by atoms with Crippen LogP contribution in [0.15, 0.2) is 24.3 Å². The van der Waals surface area contributed by atoms with Crippen molar-refractivity contribution in [2.75, 3.05) is 11.4 Å². The van der Waals surface area contributed by atoms with Gasteiger partial charge < -0.3 is 4.90 Å². The third-order valence-electron chi connectivity index (χ3n) is 4.33. The lowest BCUT2D eigenvalue weighted by Gasteiger charge is -2.44. The van der Waals surface area contributed by atoms with Crippen LogP contribution in [-0.2, 0) is 9.59 Å². The maximum absolute atomic E-state index is 12.9. The topological polar surface area (TPSA) is 40.6 Å². The Bertz CT molecular complexity index is 570. The molecule has 1 aromatic carbocycles. The van der Waals surface area contributed by atoms with Gasteiger partial charge >= 0.3 is 0 Å². The second kappa shape index (κ2) is 5.59. The Labute approximate surface area is 138 Å². The molecule has 2 unspecified atom stereocenters. The molecule has 5 heteroatoms. The van der Waals surface area contributed by atoms with Crippen molar-refractivity contribution < 1.29 is 9.59 Å². The quantitative estimate of drug-likeness (QED) is 0.719. The highest BCUT2D eigenvalue weighted by molar-refractivity contribution is 14.1. The molecule has 2 heterocycles. The largest absolute Gasteiger partial charge is 0.329 e. The Morgan fingerprint density at radius 3 is 2.43 bits per heavy atom. The maximum Gasteiger partial charge on any atom is 0.250 e. The third-order valence-corrected chi connectivity index (χ3v) is 5.04. The second-order valence-electron chi connectivity index (χ2n) is 6.06. The van der Waals surface area contributed by atoms with Gasteiger partial charge in [-0.1, -0.05) is 13.8 Å². The van der Waals surface area contributed by atoms with E-state index >= 15 is 0 Å². The molecule has 112 valence electrons. The van der Waals surface area contributed by atoms with E-state index < -0.39 is 0 Å². The molecule has 0 saturated carbocycles. The number of hydrogen-bond acceptors (Lipinski definition) is 2. The first-order chi connectivity index (χ1) is 10.0. The molecule has 0 bridgehead atoms. The predicted octanol–water partition coefficient (Wildman–Crippen LogP) is 2.65. The molecular weight excluding hydrogens is 379 g/mol. The van der Waals surface area contributed by atoms with E-state index in [0.717, 1.165) is 28.6 Å². The SMILES string of the molecule is CC(C)C1C(=O)N2CCCC2C(=O)N1c1ccc(I)cc1. The fraction of sp³-hybridized carbons (Fsp3) is 0.500. The molecule has 0 aromatic heterocycles. The molecule has 2 fully saturated rings. The van der Waals surface area contributed by atoms with Crippen LogP contribution in [0.1, 0.15) is 26.7 Å². The van der Waals surface area contributed by atoms with Gasteiger partial charge in [-0.2, -0.15) is 0 Å². The summed E-state index contributed by atoms with van der Waals surface area (Å²) in [6.07, 6.45) is 1.71. The zero-order valence-corrected chi connectivity index (χ0v) is 14.4. The number of carbonyl (C=O) groups excluding carboxylic acids is 2. The van der Waals surface area contributed by atoms with E-state index in [1.165, 1.54) is 0 Å². The molecule has 0 radical (unpaired) electrons. The van der Waals surface area contributed by atoms with Crippen molar-refractivity contribution in [3.05, 3.63) is 27.8 Å². The monoisotopic (exact) mass is 398 g/mol. The van der Waals surface area contributed by atoms with Crippen LogP contribution in [0.4, 0.5) is 5.69 Å². The summed E-state index contributed by atoms with van der Waals surface area (Å²) in [4.78, 5) is 29.2.